The van der Waals surface area contributed by atoms with Crippen LogP contribution < -0.4 is 5.32 Å². The number of anilines is 1. The number of sulfone groups is 1. The molecule has 0 spiro atoms. The first-order chi connectivity index (χ1) is 15.3. The highest BCUT2D eigenvalue weighted by Gasteiger charge is 2.36. The third-order valence-corrected chi connectivity index (χ3v) is 8.60. The molecule has 0 unspecified atom stereocenters. The van der Waals surface area contributed by atoms with Crippen LogP contribution in [0.25, 0.3) is 0 Å². The summed E-state index contributed by atoms with van der Waals surface area (Å²) in [5.74, 6) is -0.711. The normalized spacial score (nSPS) is 19.1. The van der Waals surface area contributed by atoms with Crippen LogP contribution in [-0.4, -0.2) is 55.4 Å². The maximum Gasteiger partial charge on any atom is 0.280 e. The average molecular weight is 478 g/mol. The van der Waals surface area contributed by atoms with E-state index in [9.17, 15) is 18.0 Å². The van der Waals surface area contributed by atoms with E-state index in [4.69, 9.17) is 9.57 Å². The van der Waals surface area contributed by atoms with E-state index in [0.29, 0.717) is 48.6 Å². The van der Waals surface area contributed by atoms with Crippen molar-refractivity contribution in [1.82, 2.24) is 4.98 Å². The van der Waals surface area contributed by atoms with E-state index in [1.54, 1.807) is 6.92 Å². The number of aromatic nitrogens is 1. The first-order valence-corrected chi connectivity index (χ1v) is 12.6. The molecule has 9 nitrogen and oxygen atoms in total. The van der Waals surface area contributed by atoms with Crippen LogP contribution in [0, 0.1) is 6.92 Å². The lowest BCUT2D eigenvalue weighted by Gasteiger charge is -2.10. The highest BCUT2D eigenvalue weighted by molar-refractivity contribution is 7.92. The van der Waals surface area contributed by atoms with Gasteiger partial charge >= 0.3 is 0 Å². The highest BCUT2D eigenvalue weighted by Crippen LogP contribution is 2.33. The standard InChI is InChI=1S/C21H23N3O6S2/c1-12-19(13(2)25)31-21(22-12)23-20(26)18(24-30-15-9-10-29-11-15)14-3-5-16(6-4-14)32(27,28)17-7-8-17/h3-6,15,17H,7-11H2,1-2H3,(H,22,23,26)/b24-18+/t15-/m1/s1. The Kier molecular flexibility index (Phi) is 6.40. The van der Waals surface area contributed by atoms with Crippen LogP contribution in [0.4, 0.5) is 5.13 Å². The van der Waals surface area contributed by atoms with Crippen molar-refractivity contribution >= 4 is 43.7 Å². The molecule has 2 fully saturated rings. The number of aryl methyl sites for hydroxylation is 1. The molecule has 11 heteroatoms. The molecule has 1 aliphatic heterocycles. The Balaban J connectivity index is 1.59. The van der Waals surface area contributed by atoms with Gasteiger partial charge in [0.05, 0.1) is 33.9 Å². The Morgan fingerprint density at radius 2 is 1.94 bits per heavy atom. The minimum Gasteiger partial charge on any atom is -0.389 e. The Bertz CT molecular complexity index is 1160. The second-order valence-corrected chi connectivity index (χ2v) is 11.0. The van der Waals surface area contributed by atoms with Crippen LogP contribution in [0.5, 0.6) is 0 Å². The second-order valence-electron chi connectivity index (χ2n) is 7.74. The number of oxime groups is 1. The highest BCUT2D eigenvalue weighted by atomic mass is 32.2. The molecule has 4 rings (SSSR count). The number of benzene rings is 1. The number of nitrogens with one attached hydrogen (secondary N) is 1. The van der Waals surface area contributed by atoms with Crippen molar-refractivity contribution in [2.75, 3.05) is 18.5 Å². The number of ketones is 1. The van der Waals surface area contributed by atoms with Crippen LogP contribution in [0.1, 0.15) is 47.1 Å². The smallest absolute Gasteiger partial charge is 0.280 e. The molecule has 0 radical (unpaired) electrons. The molecular formula is C21H23N3O6S2. The van der Waals surface area contributed by atoms with Crippen LogP contribution in [0.15, 0.2) is 34.3 Å². The Morgan fingerprint density at radius 1 is 1.22 bits per heavy atom. The van der Waals surface area contributed by atoms with E-state index in [2.05, 4.69) is 15.5 Å². The minimum atomic E-state index is -3.34. The monoisotopic (exact) mass is 477 g/mol. The summed E-state index contributed by atoms with van der Waals surface area (Å²) in [4.78, 5) is 35.1. The SMILES string of the molecule is CC(=O)c1sc(NC(=O)/C(=N/O[C@@H]2CCOC2)c2ccc(S(=O)(=O)C3CC3)cc2)nc1C. The van der Waals surface area contributed by atoms with Gasteiger partial charge in [-0.05, 0) is 31.9 Å². The third kappa shape index (κ3) is 4.89. The molecule has 1 atom stereocenters. The molecule has 1 amide bonds. The Morgan fingerprint density at radius 3 is 2.50 bits per heavy atom. The summed E-state index contributed by atoms with van der Waals surface area (Å²) < 4.78 is 30.2. The van der Waals surface area contributed by atoms with Gasteiger partial charge in [-0.1, -0.05) is 28.6 Å². The number of amides is 1. The van der Waals surface area contributed by atoms with Crippen molar-refractivity contribution in [3.05, 3.63) is 40.4 Å². The van der Waals surface area contributed by atoms with Crippen LogP contribution >= 0.6 is 11.3 Å². The zero-order valence-corrected chi connectivity index (χ0v) is 19.3. The molecule has 32 heavy (non-hydrogen) atoms. The number of carbonyl (C=O) groups is 2. The molecule has 0 bridgehead atoms. The van der Waals surface area contributed by atoms with Gasteiger partial charge in [0, 0.05) is 18.9 Å². The fourth-order valence-electron chi connectivity index (χ4n) is 3.25. The number of rotatable bonds is 8. The Labute approximate surface area is 189 Å². The van der Waals surface area contributed by atoms with Crippen LogP contribution in [0.2, 0.25) is 0 Å². The number of nitrogens with zero attached hydrogens (tertiary/aromatic N) is 2. The van der Waals surface area contributed by atoms with Crippen molar-refractivity contribution in [3.8, 4) is 0 Å². The predicted molar refractivity (Wildman–Crippen MR) is 119 cm³/mol. The molecule has 1 saturated heterocycles. The van der Waals surface area contributed by atoms with E-state index in [1.165, 1.54) is 31.2 Å². The molecule has 1 aliphatic carbocycles. The molecule has 1 aromatic heterocycles. The first-order valence-electron chi connectivity index (χ1n) is 10.2. The number of hydrogen-bond donors (Lipinski definition) is 1. The lowest BCUT2D eigenvalue weighted by atomic mass is 10.1. The van der Waals surface area contributed by atoms with Gasteiger partial charge in [0.25, 0.3) is 5.91 Å². The molecule has 170 valence electrons. The molecule has 2 aliphatic rings. The van der Waals surface area contributed by atoms with Crippen LogP contribution in [-0.2, 0) is 24.2 Å². The van der Waals surface area contributed by atoms with Gasteiger partial charge < -0.3 is 9.57 Å². The number of hydrogen-bond acceptors (Lipinski definition) is 9. The number of thiazole rings is 1. The maximum atomic E-state index is 13.0. The van der Waals surface area contributed by atoms with Gasteiger partial charge in [-0.25, -0.2) is 13.4 Å². The molecule has 2 aromatic rings. The number of carbonyl (C=O) groups excluding carboxylic acids is 2. The molecule has 1 N–H and O–H groups in total. The van der Waals surface area contributed by atoms with Crippen molar-refractivity contribution in [3.63, 3.8) is 0 Å². The second kappa shape index (κ2) is 9.08. The third-order valence-electron chi connectivity index (χ3n) is 5.15. The summed E-state index contributed by atoms with van der Waals surface area (Å²) in [6, 6.07) is 6.03. The van der Waals surface area contributed by atoms with Crippen molar-refractivity contribution in [2.45, 2.75) is 49.4 Å². The summed E-state index contributed by atoms with van der Waals surface area (Å²) in [5, 5.41) is 6.67. The van der Waals surface area contributed by atoms with Crippen molar-refractivity contribution in [2.24, 2.45) is 5.16 Å². The lowest BCUT2D eigenvalue weighted by Crippen LogP contribution is -2.25. The van der Waals surface area contributed by atoms with E-state index >= 15 is 0 Å². The summed E-state index contributed by atoms with van der Waals surface area (Å²) in [5.41, 5.74) is 0.908. The lowest BCUT2D eigenvalue weighted by molar-refractivity contribution is -0.110. The van der Waals surface area contributed by atoms with Crippen LogP contribution in [0.3, 0.4) is 0 Å². The van der Waals surface area contributed by atoms with Gasteiger partial charge in [-0.2, -0.15) is 0 Å². The Hall–Kier alpha value is -2.63. The van der Waals surface area contributed by atoms with Crippen molar-refractivity contribution in [1.29, 1.82) is 0 Å². The number of ether oxygens (including phenoxy) is 1. The van der Waals surface area contributed by atoms with Gasteiger partial charge in [0.15, 0.2) is 32.6 Å². The molecular weight excluding hydrogens is 454 g/mol. The van der Waals surface area contributed by atoms with E-state index in [0.717, 1.165) is 11.3 Å². The fraction of sp³-hybridized carbons (Fsp3) is 0.429. The first kappa shape index (κ1) is 22.6. The predicted octanol–water partition coefficient (Wildman–Crippen LogP) is 2.74. The van der Waals surface area contributed by atoms with Gasteiger partial charge in [-0.3, -0.25) is 14.9 Å². The quantitative estimate of drug-likeness (QED) is 0.352. The summed E-state index contributed by atoms with van der Waals surface area (Å²) in [6.45, 7) is 4.07. The van der Waals surface area contributed by atoms with Gasteiger partial charge in [0.1, 0.15) is 0 Å². The summed E-state index contributed by atoms with van der Waals surface area (Å²) in [6.07, 6.45) is 1.74. The van der Waals surface area contributed by atoms with Crippen molar-refractivity contribution < 1.29 is 27.6 Å². The zero-order chi connectivity index (χ0) is 22.9. The molecule has 1 aromatic carbocycles. The maximum absolute atomic E-state index is 13.0. The fourth-order valence-corrected chi connectivity index (χ4v) is 5.77. The summed E-state index contributed by atoms with van der Waals surface area (Å²) in [7, 11) is -3.34. The molecule has 1 saturated carbocycles. The van der Waals surface area contributed by atoms with E-state index < -0.39 is 15.7 Å². The van der Waals surface area contributed by atoms with Gasteiger partial charge in [0.2, 0.25) is 0 Å². The number of Topliss-reactive ketones (excluding diaryl/α,β-unsaturated/α-hetero) is 1. The largest absolute Gasteiger partial charge is 0.389 e. The minimum absolute atomic E-state index is 0.0236. The molecule has 2 heterocycles. The van der Waals surface area contributed by atoms with Gasteiger partial charge in [-0.15, -0.1) is 0 Å². The topological polar surface area (TPSA) is 124 Å². The van der Waals surface area contributed by atoms with E-state index in [1.807, 2.05) is 0 Å². The average Bonchev–Trinajstić information content (AvgIpc) is 3.38. The van der Waals surface area contributed by atoms with E-state index in [-0.39, 0.29) is 32.9 Å². The zero-order valence-electron chi connectivity index (χ0n) is 17.7. The summed E-state index contributed by atoms with van der Waals surface area (Å²) >= 11 is 1.08.